The summed E-state index contributed by atoms with van der Waals surface area (Å²) in [4.78, 5) is 12.6. The van der Waals surface area contributed by atoms with Gasteiger partial charge in [-0.15, -0.1) is 0 Å². The normalized spacial score (nSPS) is 27.4. The van der Waals surface area contributed by atoms with Crippen LogP contribution in [0.5, 0.6) is 0 Å². The number of carbonyl (C=O) groups excluding carboxylic acids is 1. The predicted molar refractivity (Wildman–Crippen MR) is 87.5 cm³/mol. The lowest BCUT2D eigenvalue weighted by molar-refractivity contribution is 0.0978. The first-order chi connectivity index (χ1) is 10.6. The number of fused-ring (bicyclic) bond motifs is 2. The monoisotopic (exact) mass is 339 g/mol. The highest BCUT2D eigenvalue weighted by Crippen LogP contribution is 2.47. The fourth-order valence-corrected chi connectivity index (χ4v) is 5.83. The summed E-state index contributed by atoms with van der Waals surface area (Å²) in [6.07, 6.45) is 5.35. The summed E-state index contributed by atoms with van der Waals surface area (Å²) >= 11 is 0. The Morgan fingerprint density at radius 2 is 2.00 bits per heavy atom. The van der Waals surface area contributed by atoms with Crippen molar-refractivity contribution in [3.63, 3.8) is 0 Å². The second kappa shape index (κ2) is 5.33. The first-order valence-corrected chi connectivity index (χ1v) is 9.72. The van der Waals surface area contributed by atoms with Crippen molar-refractivity contribution >= 4 is 15.9 Å². The van der Waals surface area contributed by atoms with Crippen molar-refractivity contribution in [3.05, 3.63) is 17.5 Å². The summed E-state index contributed by atoms with van der Waals surface area (Å²) in [7, 11) is -1.90. The van der Waals surface area contributed by atoms with Crippen LogP contribution in [0.3, 0.4) is 0 Å². The summed E-state index contributed by atoms with van der Waals surface area (Å²) in [6.45, 7) is 5.86. The van der Waals surface area contributed by atoms with E-state index in [0.29, 0.717) is 23.6 Å². The Bertz CT molecular complexity index is 730. The van der Waals surface area contributed by atoms with Gasteiger partial charge < -0.3 is 0 Å². The molecule has 1 unspecified atom stereocenters. The molecule has 6 nitrogen and oxygen atoms in total. The molecule has 1 aromatic heterocycles. The van der Waals surface area contributed by atoms with E-state index in [1.165, 1.54) is 0 Å². The Morgan fingerprint density at radius 1 is 1.30 bits per heavy atom. The van der Waals surface area contributed by atoms with Gasteiger partial charge in [0.2, 0.25) is 10.0 Å². The minimum absolute atomic E-state index is 0.210. The van der Waals surface area contributed by atoms with Crippen LogP contribution in [-0.2, 0) is 22.5 Å². The van der Waals surface area contributed by atoms with Gasteiger partial charge in [-0.3, -0.25) is 9.48 Å². The number of sulfonamides is 1. The van der Waals surface area contributed by atoms with Crippen LogP contribution in [0.25, 0.3) is 0 Å². The van der Waals surface area contributed by atoms with Gasteiger partial charge in [-0.1, -0.05) is 27.2 Å². The molecule has 3 atom stereocenters. The highest BCUT2D eigenvalue weighted by Gasteiger charge is 2.46. The summed E-state index contributed by atoms with van der Waals surface area (Å²) in [5, 5.41) is 3.91. The minimum Gasteiger partial charge on any atom is -0.275 e. The van der Waals surface area contributed by atoms with Crippen LogP contribution in [0.1, 0.15) is 62.5 Å². The van der Waals surface area contributed by atoms with Crippen molar-refractivity contribution in [2.45, 2.75) is 57.1 Å². The third-order valence-corrected chi connectivity index (χ3v) is 6.93. The Morgan fingerprint density at radius 3 is 2.52 bits per heavy atom. The van der Waals surface area contributed by atoms with Crippen LogP contribution in [0, 0.1) is 11.8 Å². The molecule has 2 aliphatic rings. The first-order valence-electron chi connectivity index (χ1n) is 8.18. The van der Waals surface area contributed by atoms with E-state index in [-0.39, 0.29) is 11.3 Å². The van der Waals surface area contributed by atoms with Gasteiger partial charge in [0.25, 0.3) is 5.91 Å². The number of hydrogen-bond donors (Lipinski definition) is 1. The SMILES string of the molecule is Cn1cc(C(=O)NS(=O)(=O)C2C[C@@H]3CC[C@H]2C3)c(C(C)(C)C)n1. The fourth-order valence-electron chi connectivity index (χ4n) is 4.03. The Balaban J connectivity index is 1.82. The summed E-state index contributed by atoms with van der Waals surface area (Å²) in [6, 6.07) is 0. The fraction of sp³-hybridized carbons (Fsp3) is 0.750. The zero-order chi connectivity index (χ0) is 17.0. The van der Waals surface area contributed by atoms with Gasteiger partial charge in [0.05, 0.1) is 16.5 Å². The number of carbonyl (C=O) groups is 1. The van der Waals surface area contributed by atoms with Crippen LogP contribution in [0.15, 0.2) is 6.20 Å². The quantitative estimate of drug-likeness (QED) is 0.913. The van der Waals surface area contributed by atoms with Gasteiger partial charge in [-0.05, 0) is 31.1 Å². The maximum atomic E-state index is 12.6. The largest absolute Gasteiger partial charge is 0.275 e. The molecule has 0 saturated heterocycles. The molecule has 0 radical (unpaired) electrons. The molecule has 3 rings (SSSR count). The third-order valence-electron chi connectivity index (χ3n) is 5.09. The molecule has 1 N–H and O–H groups in total. The molecular formula is C16H25N3O3S. The lowest BCUT2D eigenvalue weighted by Gasteiger charge is -2.22. The van der Waals surface area contributed by atoms with E-state index in [1.807, 2.05) is 20.8 Å². The molecule has 7 heteroatoms. The number of aromatic nitrogens is 2. The average Bonchev–Trinajstić information content (AvgIpc) is 3.10. The molecule has 1 amide bonds. The molecule has 0 aliphatic heterocycles. The molecule has 2 fully saturated rings. The van der Waals surface area contributed by atoms with Crippen LogP contribution >= 0.6 is 0 Å². The third kappa shape index (κ3) is 3.03. The lowest BCUT2D eigenvalue weighted by atomic mass is 9.89. The van der Waals surface area contributed by atoms with E-state index in [4.69, 9.17) is 0 Å². The van der Waals surface area contributed by atoms with Gasteiger partial charge in [-0.2, -0.15) is 5.10 Å². The molecule has 0 spiro atoms. The molecule has 1 heterocycles. The molecule has 2 saturated carbocycles. The van der Waals surface area contributed by atoms with Crippen LogP contribution in [0.4, 0.5) is 0 Å². The van der Waals surface area contributed by atoms with Gasteiger partial charge in [0.1, 0.15) is 0 Å². The van der Waals surface area contributed by atoms with E-state index in [2.05, 4.69) is 9.82 Å². The zero-order valence-electron chi connectivity index (χ0n) is 14.2. The average molecular weight is 339 g/mol. The van der Waals surface area contributed by atoms with E-state index in [0.717, 1.165) is 19.3 Å². The van der Waals surface area contributed by atoms with Crippen molar-refractivity contribution < 1.29 is 13.2 Å². The van der Waals surface area contributed by atoms with Crippen molar-refractivity contribution in [2.24, 2.45) is 18.9 Å². The number of aryl methyl sites for hydroxylation is 1. The van der Waals surface area contributed by atoms with E-state index >= 15 is 0 Å². The Kier molecular flexibility index (Phi) is 3.82. The topological polar surface area (TPSA) is 81.1 Å². The second-order valence-electron chi connectivity index (χ2n) is 8.00. The van der Waals surface area contributed by atoms with Crippen molar-refractivity contribution in [1.29, 1.82) is 0 Å². The molecule has 0 aromatic carbocycles. The standard InChI is InChI=1S/C16H25N3O3S/c1-16(2,3)14-12(9-19(4)17-14)15(20)18-23(21,22)13-8-10-5-6-11(13)7-10/h9-11,13H,5-8H2,1-4H3,(H,18,20)/t10-,11+,13?/m1/s1. The van der Waals surface area contributed by atoms with Gasteiger partial charge in [0, 0.05) is 18.7 Å². The second-order valence-corrected chi connectivity index (χ2v) is 9.90. The molecule has 23 heavy (non-hydrogen) atoms. The predicted octanol–water partition coefficient (Wildman–Crippen LogP) is 1.97. The number of amides is 1. The molecule has 2 bridgehead atoms. The van der Waals surface area contributed by atoms with Crippen molar-refractivity contribution in [2.75, 3.05) is 0 Å². The highest BCUT2D eigenvalue weighted by atomic mass is 32.2. The number of hydrogen-bond acceptors (Lipinski definition) is 4. The highest BCUT2D eigenvalue weighted by molar-refractivity contribution is 7.90. The molecule has 2 aliphatic carbocycles. The molecular weight excluding hydrogens is 314 g/mol. The smallest absolute Gasteiger partial charge is 0.268 e. The number of rotatable bonds is 3. The van der Waals surface area contributed by atoms with Crippen LogP contribution in [-0.4, -0.2) is 29.4 Å². The van der Waals surface area contributed by atoms with E-state index in [1.54, 1.807) is 17.9 Å². The Labute approximate surface area is 137 Å². The maximum Gasteiger partial charge on any atom is 0.268 e. The van der Waals surface area contributed by atoms with E-state index < -0.39 is 21.2 Å². The van der Waals surface area contributed by atoms with Gasteiger partial charge in [0.15, 0.2) is 0 Å². The van der Waals surface area contributed by atoms with Gasteiger partial charge >= 0.3 is 0 Å². The molecule has 128 valence electrons. The summed E-state index contributed by atoms with van der Waals surface area (Å²) in [5.74, 6) is 0.160. The minimum atomic E-state index is -3.63. The van der Waals surface area contributed by atoms with Gasteiger partial charge in [-0.25, -0.2) is 13.1 Å². The van der Waals surface area contributed by atoms with Crippen molar-refractivity contribution in [1.82, 2.24) is 14.5 Å². The first kappa shape index (κ1) is 16.5. The number of nitrogens with one attached hydrogen (secondary N) is 1. The van der Waals surface area contributed by atoms with E-state index in [9.17, 15) is 13.2 Å². The number of nitrogens with zero attached hydrogens (tertiary/aromatic N) is 2. The zero-order valence-corrected chi connectivity index (χ0v) is 15.0. The summed E-state index contributed by atoms with van der Waals surface area (Å²) in [5.41, 5.74) is 0.622. The van der Waals surface area contributed by atoms with Crippen LogP contribution < -0.4 is 4.72 Å². The van der Waals surface area contributed by atoms with Crippen molar-refractivity contribution in [3.8, 4) is 0 Å². The molecule has 1 aromatic rings. The lowest BCUT2D eigenvalue weighted by Crippen LogP contribution is -2.41. The Hall–Kier alpha value is -1.37. The maximum absolute atomic E-state index is 12.6. The van der Waals surface area contributed by atoms with Crippen LogP contribution in [0.2, 0.25) is 0 Å². The summed E-state index contributed by atoms with van der Waals surface area (Å²) < 4.78 is 29.1.